The van der Waals surface area contributed by atoms with Crippen LogP contribution in [0.15, 0.2) is 30.3 Å². The van der Waals surface area contributed by atoms with E-state index in [-0.39, 0.29) is 5.69 Å². The number of aromatic nitrogens is 2. The largest absolute Gasteiger partial charge is 0.435 e. The second kappa shape index (κ2) is 7.39. The molecule has 0 fully saturated rings. The predicted octanol–water partition coefficient (Wildman–Crippen LogP) is 3.01. The Bertz CT molecular complexity index is 785. The fraction of sp³-hybridized carbons (Fsp3) is 0.444. The maximum atomic E-state index is 12.7. The molecule has 26 heavy (non-hydrogen) atoms. The lowest BCUT2D eigenvalue weighted by Crippen LogP contribution is -2.33. The Hall–Kier alpha value is -2.51. The number of fused-ring (bicyclic) bond motifs is 1. The number of carbonyl (C=O) groups is 1. The van der Waals surface area contributed by atoms with Crippen molar-refractivity contribution < 1.29 is 18.0 Å². The van der Waals surface area contributed by atoms with Gasteiger partial charge in [0.1, 0.15) is 5.69 Å². The highest BCUT2D eigenvalue weighted by Gasteiger charge is 2.35. The fourth-order valence-electron chi connectivity index (χ4n) is 3.22. The molecule has 2 heterocycles. The van der Waals surface area contributed by atoms with Crippen molar-refractivity contribution >= 4 is 11.6 Å². The van der Waals surface area contributed by atoms with Crippen LogP contribution in [-0.2, 0) is 19.6 Å². The zero-order valence-corrected chi connectivity index (χ0v) is 14.5. The topological polar surface area (TPSA) is 50.2 Å². The zero-order valence-electron chi connectivity index (χ0n) is 14.5. The van der Waals surface area contributed by atoms with Crippen molar-refractivity contribution in [2.45, 2.75) is 25.4 Å². The summed E-state index contributed by atoms with van der Waals surface area (Å²) in [5.74, 6) is -0.547. The van der Waals surface area contributed by atoms with E-state index < -0.39 is 17.8 Å². The van der Waals surface area contributed by atoms with Gasteiger partial charge in [0, 0.05) is 38.4 Å². The monoisotopic (exact) mass is 366 g/mol. The number of nitrogens with zero attached hydrogens (tertiary/aromatic N) is 3. The van der Waals surface area contributed by atoms with Crippen LogP contribution in [0.25, 0.3) is 0 Å². The summed E-state index contributed by atoms with van der Waals surface area (Å²) in [6.45, 7) is 2.15. The van der Waals surface area contributed by atoms with E-state index in [1.165, 1.54) is 18.3 Å². The molecule has 0 bridgehead atoms. The van der Waals surface area contributed by atoms with Gasteiger partial charge < -0.3 is 10.2 Å². The first kappa shape index (κ1) is 18.3. The van der Waals surface area contributed by atoms with E-state index >= 15 is 0 Å². The molecular formula is C18H21F3N4O. The van der Waals surface area contributed by atoms with Crippen LogP contribution < -0.4 is 10.2 Å². The molecule has 1 aliphatic rings. The van der Waals surface area contributed by atoms with Crippen molar-refractivity contribution in [2.75, 3.05) is 24.5 Å². The van der Waals surface area contributed by atoms with Gasteiger partial charge in [0.05, 0.1) is 0 Å². The minimum atomic E-state index is -4.56. The van der Waals surface area contributed by atoms with Crippen LogP contribution in [-0.4, -0.2) is 35.3 Å². The lowest BCUT2D eigenvalue weighted by molar-refractivity contribution is -0.141. The number of anilines is 1. The molecular weight excluding hydrogens is 345 g/mol. The zero-order chi connectivity index (χ0) is 18.7. The Morgan fingerprint density at radius 3 is 2.81 bits per heavy atom. The number of hydrogen-bond donors (Lipinski definition) is 1. The molecule has 0 saturated carbocycles. The van der Waals surface area contributed by atoms with Gasteiger partial charge in [-0.2, -0.15) is 18.3 Å². The summed E-state index contributed by atoms with van der Waals surface area (Å²) in [6.07, 6.45) is -1.67. The second-order valence-electron chi connectivity index (χ2n) is 6.36. The number of halogens is 3. The van der Waals surface area contributed by atoms with E-state index in [0.717, 1.165) is 36.7 Å². The Balaban J connectivity index is 1.52. The summed E-state index contributed by atoms with van der Waals surface area (Å²) in [6, 6.07) is 9.05. The fourth-order valence-corrected chi connectivity index (χ4v) is 3.22. The van der Waals surface area contributed by atoms with Crippen LogP contribution in [0.4, 0.5) is 18.9 Å². The Kier molecular flexibility index (Phi) is 5.20. The number of benzene rings is 1. The number of para-hydroxylation sites is 1. The van der Waals surface area contributed by atoms with Crippen molar-refractivity contribution in [1.82, 2.24) is 15.1 Å². The first-order valence-electron chi connectivity index (χ1n) is 8.58. The minimum Gasteiger partial charge on any atom is -0.371 e. The number of hydrogen-bond acceptors (Lipinski definition) is 3. The van der Waals surface area contributed by atoms with E-state index in [0.29, 0.717) is 13.0 Å². The third-order valence-corrected chi connectivity index (χ3v) is 4.50. The molecule has 2 aromatic rings. The maximum Gasteiger partial charge on any atom is 0.435 e. The lowest BCUT2D eigenvalue weighted by Gasteiger charge is -2.31. The summed E-state index contributed by atoms with van der Waals surface area (Å²) in [4.78, 5) is 14.4. The molecule has 0 radical (unpaired) electrons. The molecule has 0 saturated heterocycles. The van der Waals surface area contributed by atoms with Gasteiger partial charge in [0.2, 0.25) is 0 Å². The third kappa shape index (κ3) is 4.00. The van der Waals surface area contributed by atoms with E-state index in [2.05, 4.69) is 27.4 Å². The molecule has 8 heteroatoms. The van der Waals surface area contributed by atoms with E-state index in [1.54, 1.807) is 0 Å². The Morgan fingerprint density at radius 2 is 2.08 bits per heavy atom. The third-order valence-electron chi connectivity index (χ3n) is 4.50. The molecule has 0 aliphatic carbocycles. The second-order valence-corrected chi connectivity index (χ2v) is 6.36. The van der Waals surface area contributed by atoms with Gasteiger partial charge in [0.15, 0.2) is 5.69 Å². The molecule has 0 spiro atoms. The predicted molar refractivity (Wildman–Crippen MR) is 92.1 cm³/mol. The summed E-state index contributed by atoms with van der Waals surface area (Å²) in [5, 5.41) is 6.03. The maximum absolute atomic E-state index is 12.7. The summed E-state index contributed by atoms with van der Waals surface area (Å²) in [5.41, 5.74) is 1.40. The number of carbonyl (C=O) groups excluding carboxylic acids is 1. The summed E-state index contributed by atoms with van der Waals surface area (Å²) >= 11 is 0. The van der Waals surface area contributed by atoms with Crippen molar-refractivity contribution in [2.24, 2.45) is 7.05 Å². The van der Waals surface area contributed by atoms with Crippen molar-refractivity contribution in [1.29, 1.82) is 0 Å². The highest BCUT2D eigenvalue weighted by molar-refractivity contribution is 5.92. The molecule has 5 nitrogen and oxygen atoms in total. The highest BCUT2D eigenvalue weighted by atomic mass is 19.4. The van der Waals surface area contributed by atoms with Crippen molar-refractivity contribution in [3.05, 3.63) is 47.3 Å². The first-order chi connectivity index (χ1) is 12.4. The van der Waals surface area contributed by atoms with Gasteiger partial charge in [-0.05, 0) is 30.9 Å². The van der Waals surface area contributed by atoms with Crippen LogP contribution in [0, 0.1) is 0 Å². The van der Waals surface area contributed by atoms with Gasteiger partial charge in [-0.15, -0.1) is 0 Å². The smallest absolute Gasteiger partial charge is 0.371 e. The average Bonchev–Trinajstić information content (AvgIpc) is 3.01. The van der Waals surface area contributed by atoms with Crippen LogP contribution in [0.3, 0.4) is 0 Å². The number of amides is 1. The van der Waals surface area contributed by atoms with Gasteiger partial charge in [-0.1, -0.05) is 18.2 Å². The van der Waals surface area contributed by atoms with Crippen molar-refractivity contribution in [3.63, 3.8) is 0 Å². The Labute approximate surface area is 149 Å². The van der Waals surface area contributed by atoms with Crippen LogP contribution in [0.2, 0.25) is 0 Å². The molecule has 1 amide bonds. The van der Waals surface area contributed by atoms with Crippen molar-refractivity contribution in [3.8, 4) is 0 Å². The van der Waals surface area contributed by atoms with Crippen LogP contribution >= 0.6 is 0 Å². The first-order valence-corrected chi connectivity index (χ1v) is 8.58. The molecule has 0 atom stereocenters. The Morgan fingerprint density at radius 1 is 1.31 bits per heavy atom. The molecule has 1 aromatic carbocycles. The van der Waals surface area contributed by atoms with Crippen LogP contribution in [0.5, 0.6) is 0 Å². The molecule has 1 aliphatic heterocycles. The van der Waals surface area contributed by atoms with E-state index in [1.807, 2.05) is 12.1 Å². The molecule has 1 N–H and O–H groups in total. The molecule has 3 rings (SSSR count). The van der Waals surface area contributed by atoms with E-state index in [9.17, 15) is 18.0 Å². The molecule has 0 unspecified atom stereocenters. The average molecular weight is 366 g/mol. The summed E-state index contributed by atoms with van der Waals surface area (Å²) < 4.78 is 39.0. The van der Waals surface area contributed by atoms with Gasteiger partial charge >= 0.3 is 6.18 Å². The number of aryl methyl sites for hydroxylation is 2. The SMILES string of the molecule is Cn1nc(C(F)(F)F)cc1C(=O)NCCCN1CCCc2ccccc21. The lowest BCUT2D eigenvalue weighted by atomic mass is 10.0. The van der Waals surface area contributed by atoms with Gasteiger partial charge in [-0.3, -0.25) is 9.48 Å². The van der Waals surface area contributed by atoms with Crippen LogP contribution in [0.1, 0.15) is 34.6 Å². The standard InChI is InChI=1S/C18H21F3N4O/c1-24-15(12-16(23-24)18(19,20)21)17(26)22-9-5-11-25-10-4-7-13-6-2-3-8-14(13)25/h2-3,6,8,12H,4-5,7,9-11H2,1H3,(H,22,26). The quantitative estimate of drug-likeness (QED) is 0.828. The van der Waals surface area contributed by atoms with Gasteiger partial charge in [0.25, 0.3) is 5.91 Å². The molecule has 1 aromatic heterocycles. The highest BCUT2D eigenvalue weighted by Crippen LogP contribution is 2.28. The van der Waals surface area contributed by atoms with E-state index in [4.69, 9.17) is 0 Å². The van der Waals surface area contributed by atoms with Gasteiger partial charge in [-0.25, -0.2) is 0 Å². The molecule has 140 valence electrons. The number of rotatable bonds is 5. The summed E-state index contributed by atoms with van der Waals surface area (Å²) in [7, 11) is 1.33. The minimum absolute atomic E-state index is 0.0966. The normalized spacial score (nSPS) is 14.2. The number of nitrogens with one attached hydrogen (secondary N) is 1. The number of alkyl halides is 3.